The molecule has 138 valence electrons. The molecule has 0 radical (unpaired) electrons. The Morgan fingerprint density at radius 2 is 1.65 bits per heavy atom. The van der Waals surface area contributed by atoms with Gasteiger partial charge in [0.2, 0.25) is 0 Å². The predicted molar refractivity (Wildman–Crippen MR) is 97.9 cm³/mol. The number of amides is 1. The number of carboxylic acids is 1. The lowest BCUT2D eigenvalue weighted by atomic mass is 9.99. The van der Waals surface area contributed by atoms with Crippen LogP contribution in [0.1, 0.15) is 35.2 Å². The van der Waals surface area contributed by atoms with Crippen molar-refractivity contribution in [2.45, 2.75) is 24.2 Å². The number of carboxylic acid groups (broad SMARTS) is 1. The van der Waals surface area contributed by atoms with Crippen LogP contribution in [-0.4, -0.2) is 37.7 Å². The summed E-state index contributed by atoms with van der Waals surface area (Å²) in [5.74, 6) is -2.65. The molecule has 0 aromatic heterocycles. The number of carbonyl (C=O) groups excluding carboxylic acids is 1. The highest BCUT2D eigenvalue weighted by Crippen LogP contribution is 2.19. The minimum absolute atomic E-state index is 0.0261. The largest absolute Gasteiger partial charge is 0.481 e. The smallest absolute Gasteiger partial charge is 0.312 e. The monoisotopic (exact) mass is 375 g/mol. The van der Waals surface area contributed by atoms with Crippen LogP contribution in [0.5, 0.6) is 0 Å². The molecule has 0 fully saturated rings. The predicted octanol–water partition coefficient (Wildman–Crippen LogP) is 2.47. The molecule has 0 bridgehead atoms. The zero-order valence-corrected chi connectivity index (χ0v) is 15.2. The molecule has 0 spiro atoms. The van der Waals surface area contributed by atoms with E-state index in [2.05, 4.69) is 5.32 Å². The molecule has 0 saturated carbocycles. The topological polar surface area (TPSA) is 101 Å². The van der Waals surface area contributed by atoms with Crippen molar-refractivity contribution in [2.75, 3.05) is 12.3 Å². The van der Waals surface area contributed by atoms with Crippen molar-refractivity contribution in [2.24, 2.45) is 0 Å². The van der Waals surface area contributed by atoms with Gasteiger partial charge in [0.1, 0.15) is 0 Å². The number of hydrogen-bond acceptors (Lipinski definition) is 4. The third kappa shape index (κ3) is 4.70. The molecular formula is C19H21NO5S. The lowest BCUT2D eigenvalue weighted by Crippen LogP contribution is -2.32. The van der Waals surface area contributed by atoms with Gasteiger partial charge in [-0.2, -0.15) is 0 Å². The van der Waals surface area contributed by atoms with Crippen molar-refractivity contribution in [1.29, 1.82) is 0 Å². The Bertz CT molecular complexity index is 878. The van der Waals surface area contributed by atoms with Gasteiger partial charge >= 0.3 is 5.97 Å². The van der Waals surface area contributed by atoms with Crippen LogP contribution in [0.2, 0.25) is 0 Å². The quantitative estimate of drug-likeness (QED) is 0.738. The zero-order chi connectivity index (χ0) is 19.2. The van der Waals surface area contributed by atoms with Crippen LogP contribution in [-0.2, 0) is 14.6 Å². The van der Waals surface area contributed by atoms with Gasteiger partial charge in [-0.25, -0.2) is 8.42 Å². The molecule has 0 aliphatic heterocycles. The van der Waals surface area contributed by atoms with Crippen molar-refractivity contribution in [1.82, 2.24) is 5.32 Å². The Labute approximate surface area is 152 Å². The summed E-state index contributed by atoms with van der Waals surface area (Å²) in [6, 6.07) is 14.5. The van der Waals surface area contributed by atoms with Crippen molar-refractivity contribution in [3.8, 4) is 0 Å². The number of rotatable bonds is 8. The number of nitrogens with one attached hydrogen (secondary N) is 1. The van der Waals surface area contributed by atoms with Crippen molar-refractivity contribution < 1.29 is 23.1 Å². The average Bonchev–Trinajstić information content (AvgIpc) is 2.62. The van der Waals surface area contributed by atoms with Gasteiger partial charge < -0.3 is 10.4 Å². The summed E-state index contributed by atoms with van der Waals surface area (Å²) in [4.78, 5) is 24.0. The Hall–Kier alpha value is -2.67. The third-order valence-electron chi connectivity index (χ3n) is 3.91. The first kappa shape index (κ1) is 19.7. The average molecular weight is 375 g/mol. The Kier molecular flexibility index (Phi) is 6.52. The molecular weight excluding hydrogens is 354 g/mol. The standard InChI is InChI=1S/C19H21NO5S/c1-2-12-26(24,25)17-11-7-6-10-15(17)18(21)20-13-16(19(22)23)14-8-4-3-5-9-14/h3-11,16H,2,12-13H2,1H3,(H,20,21)(H,22,23). The fraction of sp³-hybridized carbons (Fsp3) is 0.263. The summed E-state index contributed by atoms with van der Waals surface area (Å²) in [5, 5.41) is 12.0. The first-order chi connectivity index (χ1) is 12.4. The summed E-state index contributed by atoms with van der Waals surface area (Å²) >= 11 is 0. The van der Waals surface area contributed by atoms with E-state index in [1.165, 1.54) is 12.1 Å². The molecule has 1 amide bonds. The second kappa shape index (κ2) is 8.62. The molecule has 0 aliphatic carbocycles. The van der Waals surface area contributed by atoms with Gasteiger partial charge in [0, 0.05) is 6.54 Å². The summed E-state index contributed by atoms with van der Waals surface area (Å²) in [7, 11) is -3.57. The molecule has 1 unspecified atom stereocenters. The Morgan fingerprint density at radius 1 is 1.04 bits per heavy atom. The van der Waals surface area contributed by atoms with E-state index in [0.29, 0.717) is 12.0 Å². The molecule has 0 aliphatic rings. The molecule has 6 nitrogen and oxygen atoms in total. The number of carbonyl (C=O) groups is 2. The maximum absolute atomic E-state index is 12.5. The van der Waals surface area contributed by atoms with E-state index in [1.54, 1.807) is 49.4 Å². The summed E-state index contributed by atoms with van der Waals surface area (Å²) in [5.41, 5.74) is 0.588. The highest BCUT2D eigenvalue weighted by atomic mass is 32.2. The van der Waals surface area contributed by atoms with E-state index in [9.17, 15) is 23.1 Å². The van der Waals surface area contributed by atoms with E-state index < -0.39 is 27.6 Å². The molecule has 26 heavy (non-hydrogen) atoms. The van der Waals surface area contributed by atoms with E-state index in [4.69, 9.17) is 0 Å². The summed E-state index contributed by atoms with van der Waals surface area (Å²) in [6.45, 7) is 1.61. The van der Waals surface area contributed by atoms with Gasteiger partial charge in [0.05, 0.1) is 22.1 Å². The minimum atomic E-state index is -3.57. The Balaban J connectivity index is 2.22. The maximum Gasteiger partial charge on any atom is 0.312 e. The van der Waals surface area contributed by atoms with Crippen LogP contribution >= 0.6 is 0 Å². The number of hydrogen-bond donors (Lipinski definition) is 2. The number of sulfone groups is 1. The maximum atomic E-state index is 12.5. The van der Waals surface area contributed by atoms with Gasteiger partial charge in [-0.1, -0.05) is 49.4 Å². The van der Waals surface area contributed by atoms with Gasteiger partial charge in [-0.15, -0.1) is 0 Å². The van der Waals surface area contributed by atoms with E-state index >= 15 is 0 Å². The lowest BCUT2D eigenvalue weighted by molar-refractivity contribution is -0.138. The molecule has 0 saturated heterocycles. The fourth-order valence-corrected chi connectivity index (χ4v) is 4.17. The van der Waals surface area contributed by atoms with Crippen LogP contribution in [0.15, 0.2) is 59.5 Å². The minimum Gasteiger partial charge on any atom is -0.481 e. The summed E-state index contributed by atoms with van der Waals surface area (Å²) < 4.78 is 24.7. The second-order valence-electron chi connectivity index (χ2n) is 5.83. The summed E-state index contributed by atoms with van der Waals surface area (Å²) in [6.07, 6.45) is 0.438. The van der Waals surface area contributed by atoms with Crippen molar-refractivity contribution in [3.63, 3.8) is 0 Å². The highest BCUT2D eigenvalue weighted by molar-refractivity contribution is 7.91. The number of aliphatic carboxylic acids is 1. The molecule has 2 N–H and O–H groups in total. The van der Waals surface area contributed by atoms with Crippen LogP contribution in [0.25, 0.3) is 0 Å². The van der Waals surface area contributed by atoms with E-state index in [-0.39, 0.29) is 22.8 Å². The Morgan fingerprint density at radius 3 is 2.27 bits per heavy atom. The molecule has 0 heterocycles. The molecule has 1 atom stereocenters. The zero-order valence-electron chi connectivity index (χ0n) is 14.4. The van der Waals surface area contributed by atoms with Gasteiger partial charge in [0.15, 0.2) is 9.84 Å². The van der Waals surface area contributed by atoms with E-state index in [0.717, 1.165) is 0 Å². The number of benzene rings is 2. The molecule has 7 heteroatoms. The van der Waals surface area contributed by atoms with Gasteiger partial charge in [0.25, 0.3) is 5.91 Å². The molecule has 2 rings (SSSR count). The van der Waals surface area contributed by atoms with Crippen molar-refractivity contribution in [3.05, 3.63) is 65.7 Å². The van der Waals surface area contributed by atoms with E-state index in [1.807, 2.05) is 0 Å². The first-order valence-electron chi connectivity index (χ1n) is 8.24. The van der Waals surface area contributed by atoms with Crippen LogP contribution < -0.4 is 5.32 Å². The lowest BCUT2D eigenvalue weighted by Gasteiger charge is -2.15. The van der Waals surface area contributed by atoms with Gasteiger partial charge in [-0.05, 0) is 24.1 Å². The molecule has 2 aromatic rings. The SMILES string of the molecule is CCCS(=O)(=O)c1ccccc1C(=O)NCC(C(=O)O)c1ccccc1. The van der Waals surface area contributed by atoms with Crippen LogP contribution in [0, 0.1) is 0 Å². The van der Waals surface area contributed by atoms with Crippen LogP contribution in [0.4, 0.5) is 0 Å². The van der Waals surface area contributed by atoms with Crippen LogP contribution in [0.3, 0.4) is 0 Å². The third-order valence-corrected chi connectivity index (χ3v) is 5.88. The second-order valence-corrected chi connectivity index (χ2v) is 7.90. The molecule has 2 aromatic carbocycles. The normalized spacial score (nSPS) is 12.3. The van der Waals surface area contributed by atoms with Gasteiger partial charge in [-0.3, -0.25) is 9.59 Å². The highest BCUT2D eigenvalue weighted by Gasteiger charge is 2.24. The fourth-order valence-electron chi connectivity index (χ4n) is 2.63. The first-order valence-corrected chi connectivity index (χ1v) is 9.89. The van der Waals surface area contributed by atoms with Crippen molar-refractivity contribution >= 4 is 21.7 Å².